The standard InChI is InChI=1S/C30H27NO/c1-23(31)15-16-27-17-18-29(21-30(27)32-22-25-11-6-3-7-12-25)28-14-8-13-26(20-28)19-24-9-4-2-5-10-24/h2-18,20-21H,1,19,22,31H2/b16-15-. The van der Waals surface area contributed by atoms with Gasteiger partial charge in [-0.15, -0.1) is 0 Å². The Bertz CT molecular complexity index is 1210. The zero-order valence-electron chi connectivity index (χ0n) is 18.1. The molecule has 2 heteroatoms. The fourth-order valence-electron chi connectivity index (χ4n) is 3.60. The first-order valence-corrected chi connectivity index (χ1v) is 10.7. The lowest BCUT2D eigenvalue weighted by Crippen LogP contribution is -1.98. The van der Waals surface area contributed by atoms with Gasteiger partial charge in [0, 0.05) is 11.3 Å². The Balaban J connectivity index is 1.62. The predicted molar refractivity (Wildman–Crippen MR) is 134 cm³/mol. The van der Waals surface area contributed by atoms with Crippen molar-refractivity contribution in [2.24, 2.45) is 5.73 Å². The Labute approximate surface area is 190 Å². The third kappa shape index (κ3) is 5.77. The Kier molecular flexibility index (Phi) is 6.84. The maximum atomic E-state index is 6.22. The molecule has 2 N–H and O–H groups in total. The number of rotatable bonds is 8. The highest BCUT2D eigenvalue weighted by Gasteiger charge is 2.07. The van der Waals surface area contributed by atoms with E-state index in [-0.39, 0.29) is 0 Å². The van der Waals surface area contributed by atoms with Crippen molar-refractivity contribution in [3.8, 4) is 16.9 Å². The van der Waals surface area contributed by atoms with Gasteiger partial charge in [-0.2, -0.15) is 0 Å². The van der Waals surface area contributed by atoms with Gasteiger partial charge < -0.3 is 10.5 Å². The topological polar surface area (TPSA) is 35.2 Å². The molecule has 0 amide bonds. The van der Waals surface area contributed by atoms with Gasteiger partial charge in [0.25, 0.3) is 0 Å². The molecule has 0 saturated carbocycles. The smallest absolute Gasteiger partial charge is 0.127 e. The van der Waals surface area contributed by atoms with Gasteiger partial charge in [-0.1, -0.05) is 104 Å². The largest absolute Gasteiger partial charge is 0.488 e. The Morgan fingerprint density at radius 3 is 2.09 bits per heavy atom. The molecule has 0 unspecified atom stereocenters. The highest BCUT2D eigenvalue weighted by Crippen LogP contribution is 2.30. The number of benzene rings is 4. The molecule has 4 rings (SSSR count). The van der Waals surface area contributed by atoms with Crippen LogP contribution in [0.15, 0.2) is 121 Å². The molecule has 0 aromatic heterocycles. The van der Waals surface area contributed by atoms with E-state index in [1.807, 2.05) is 30.3 Å². The van der Waals surface area contributed by atoms with Crippen molar-refractivity contribution in [2.75, 3.05) is 0 Å². The summed E-state index contributed by atoms with van der Waals surface area (Å²) in [6.07, 6.45) is 4.65. The van der Waals surface area contributed by atoms with E-state index >= 15 is 0 Å². The molecule has 0 bridgehead atoms. The predicted octanol–water partition coefficient (Wildman–Crippen LogP) is 7.01. The van der Waals surface area contributed by atoms with E-state index in [9.17, 15) is 0 Å². The van der Waals surface area contributed by atoms with E-state index in [2.05, 4.69) is 85.4 Å². The Morgan fingerprint density at radius 1 is 0.719 bits per heavy atom. The van der Waals surface area contributed by atoms with Crippen LogP contribution in [0.25, 0.3) is 17.2 Å². The van der Waals surface area contributed by atoms with E-state index in [1.165, 1.54) is 16.7 Å². The van der Waals surface area contributed by atoms with Crippen LogP contribution in [0.1, 0.15) is 22.3 Å². The summed E-state index contributed by atoms with van der Waals surface area (Å²) in [6, 6.07) is 35.7. The maximum absolute atomic E-state index is 6.22. The fraction of sp³-hybridized carbons (Fsp3) is 0.0667. The number of allylic oxidation sites excluding steroid dienone is 1. The molecule has 0 aliphatic carbocycles. The summed E-state index contributed by atoms with van der Waals surface area (Å²) >= 11 is 0. The lowest BCUT2D eigenvalue weighted by atomic mass is 9.98. The molecular weight excluding hydrogens is 390 g/mol. The van der Waals surface area contributed by atoms with Crippen LogP contribution in [0.3, 0.4) is 0 Å². The van der Waals surface area contributed by atoms with Gasteiger partial charge >= 0.3 is 0 Å². The minimum Gasteiger partial charge on any atom is -0.488 e. The van der Waals surface area contributed by atoms with Crippen molar-refractivity contribution in [3.63, 3.8) is 0 Å². The number of nitrogens with two attached hydrogens (primary N) is 1. The number of ether oxygens (including phenoxy) is 1. The zero-order chi connectivity index (χ0) is 22.2. The average Bonchev–Trinajstić information content (AvgIpc) is 2.83. The molecule has 0 aliphatic rings. The van der Waals surface area contributed by atoms with Crippen molar-refractivity contribution >= 4 is 6.08 Å². The molecule has 0 spiro atoms. The summed E-state index contributed by atoms with van der Waals surface area (Å²) in [4.78, 5) is 0. The lowest BCUT2D eigenvalue weighted by molar-refractivity contribution is 0.305. The molecule has 0 radical (unpaired) electrons. The molecule has 4 aromatic carbocycles. The normalized spacial score (nSPS) is 10.9. The van der Waals surface area contributed by atoms with Crippen molar-refractivity contribution in [2.45, 2.75) is 13.0 Å². The van der Waals surface area contributed by atoms with Crippen molar-refractivity contribution in [1.82, 2.24) is 0 Å². The molecule has 0 aliphatic heterocycles. The molecule has 4 aromatic rings. The van der Waals surface area contributed by atoms with Crippen LogP contribution in [-0.4, -0.2) is 0 Å². The van der Waals surface area contributed by atoms with E-state index in [4.69, 9.17) is 10.5 Å². The molecule has 0 saturated heterocycles. The van der Waals surface area contributed by atoms with Gasteiger partial charge in [0.2, 0.25) is 0 Å². The molecular formula is C30H27NO. The second-order valence-electron chi connectivity index (χ2n) is 7.80. The first kappa shape index (κ1) is 21.2. The van der Waals surface area contributed by atoms with Crippen molar-refractivity contribution in [3.05, 3.63) is 144 Å². The van der Waals surface area contributed by atoms with Crippen molar-refractivity contribution in [1.29, 1.82) is 0 Å². The monoisotopic (exact) mass is 417 g/mol. The summed E-state index contributed by atoms with van der Waals surface area (Å²) in [7, 11) is 0. The van der Waals surface area contributed by atoms with Crippen LogP contribution in [0.4, 0.5) is 0 Å². The van der Waals surface area contributed by atoms with Gasteiger partial charge in [0.15, 0.2) is 0 Å². The minimum absolute atomic E-state index is 0.503. The second kappa shape index (κ2) is 10.3. The van der Waals surface area contributed by atoms with Gasteiger partial charge in [-0.05, 0) is 52.5 Å². The quantitative estimate of drug-likeness (QED) is 0.313. The maximum Gasteiger partial charge on any atom is 0.127 e. The average molecular weight is 418 g/mol. The summed E-state index contributed by atoms with van der Waals surface area (Å²) in [6.45, 7) is 4.26. The molecule has 0 heterocycles. The van der Waals surface area contributed by atoms with Crippen LogP contribution in [0.2, 0.25) is 0 Å². The van der Waals surface area contributed by atoms with E-state index in [0.29, 0.717) is 12.3 Å². The van der Waals surface area contributed by atoms with Crippen LogP contribution in [-0.2, 0) is 13.0 Å². The Morgan fingerprint density at radius 2 is 1.38 bits per heavy atom. The van der Waals surface area contributed by atoms with Gasteiger partial charge in [0.05, 0.1) is 0 Å². The highest BCUT2D eigenvalue weighted by atomic mass is 16.5. The summed E-state index contributed by atoms with van der Waals surface area (Å²) in [5.74, 6) is 0.817. The summed E-state index contributed by atoms with van der Waals surface area (Å²) < 4.78 is 6.22. The molecule has 158 valence electrons. The third-order valence-electron chi connectivity index (χ3n) is 5.24. The van der Waals surface area contributed by atoms with Crippen molar-refractivity contribution < 1.29 is 4.74 Å². The van der Waals surface area contributed by atoms with Gasteiger partial charge in [-0.25, -0.2) is 0 Å². The van der Waals surface area contributed by atoms with E-state index in [0.717, 1.165) is 28.9 Å². The summed E-state index contributed by atoms with van der Waals surface area (Å²) in [5.41, 5.74) is 13.2. The zero-order valence-corrected chi connectivity index (χ0v) is 18.1. The van der Waals surface area contributed by atoms with Crippen LogP contribution in [0.5, 0.6) is 5.75 Å². The van der Waals surface area contributed by atoms with Crippen LogP contribution in [0, 0.1) is 0 Å². The summed E-state index contributed by atoms with van der Waals surface area (Å²) in [5, 5.41) is 0. The first-order chi connectivity index (χ1) is 15.7. The lowest BCUT2D eigenvalue weighted by Gasteiger charge is -2.13. The van der Waals surface area contributed by atoms with Crippen LogP contribution < -0.4 is 10.5 Å². The number of hydrogen-bond donors (Lipinski definition) is 1. The SMILES string of the molecule is C=C(N)/C=C\c1ccc(-c2cccc(Cc3ccccc3)c2)cc1OCc1ccccc1. The van der Waals surface area contributed by atoms with Gasteiger partial charge in [0.1, 0.15) is 12.4 Å². The molecule has 0 fully saturated rings. The Hall–Kier alpha value is -4.04. The first-order valence-electron chi connectivity index (χ1n) is 10.7. The molecule has 32 heavy (non-hydrogen) atoms. The minimum atomic E-state index is 0.503. The molecule has 2 nitrogen and oxygen atoms in total. The fourth-order valence-corrected chi connectivity index (χ4v) is 3.60. The van der Waals surface area contributed by atoms with E-state index in [1.54, 1.807) is 6.08 Å². The van der Waals surface area contributed by atoms with Crippen LogP contribution >= 0.6 is 0 Å². The number of hydrogen-bond acceptors (Lipinski definition) is 2. The molecule has 0 atom stereocenters. The third-order valence-corrected chi connectivity index (χ3v) is 5.24. The highest BCUT2D eigenvalue weighted by molar-refractivity contribution is 5.71. The van der Waals surface area contributed by atoms with E-state index < -0.39 is 0 Å². The second-order valence-corrected chi connectivity index (χ2v) is 7.80. The van der Waals surface area contributed by atoms with Gasteiger partial charge in [-0.3, -0.25) is 0 Å².